The third-order valence-corrected chi connectivity index (χ3v) is 2.92. The molecule has 1 nitrogen and oxygen atoms in total. The minimum absolute atomic E-state index is 0.0422. The van der Waals surface area contributed by atoms with Crippen molar-refractivity contribution in [1.29, 1.82) is 0 Å². The van der Waals surface area contributed by atoms with Gasteiger partial charge in [-0.2, -0.15) is 0 Å². The van der Waals surface area contributed by atoms with Gasteiger partial charge >= 0.3 is 0 Å². The van der Waals surface area contributed by atoms with Gasteiger partial charge < -0.3 is 5.73 Å². The lowest BCUT2D eigenvalue weighted by Crippen LogP contribution is -2.29. The second-order valence-corrected chi connectivity index (χ2v) is 4.90. The molecule has 13 heavy (non-hydrogen) atoms. The Labute approximate surface area is 81.0 Å². The quantitative estimate of drug-likeness (QED) is 0.604. The summed E-state index contributed by atoms with van der Waals surface area (Å²) in [6, 6.07) is 0. The lowest BCUT2D eigenvalue weighted by molar-refractivity contribution is 0.227. The Morgan fingerprint density at radius 2 is 1.85 bits per heavy atom. The van der Waals surface area contributed by atoms with Crippen molar-refractivity contribution in [2.24, 2.45) is 16.6 Å². The van der Waals surface area contributed by atoms with E-state index in [1.165, 1.54) is 0 Å². The van der Waals surface area contributed by atoms with E-state index >= 15 is 0 Å². The van der Waals surface area contributed by atoms with Crippen molar-refractivity contribution in [3.05, 3.63) is 36.1 Å². The zero-order valence-corrected chi connectivity index (χ0v) is 8.96. The van der Waals surface area contributed by atoms with Gasteiger partial charge in [-0.15, -0.1) is 0 Å². The molecule has 0 amide bonds. The zero-order chi connectivity index (χ0) is 10.1. The SMILES string of the molecule is CC(C)(C)C1(C)C=CC=CC(N)=C1. The topological polar surface area (TPSA) is 26.0 Å². The van der Waals surface area contributed by atoms with Gasteiger partial charge in [-0.05, 0) is 11.5 Å². The van der Waals surface area contributed by atoms with Crippen molar-refractivity contribution in [3.8, 4) is 0 Å². The van der Waals surface area contributed by atoms with Crippen LogP contribution in [0.4, 0.5) is 0 Å². The van der Waals surface area contributed by atoms with Gasteiger partial charge in [0.2, 0.25) is 0 Å². The van der Waals surface area contributed by atoms with Crippen LogP contribution >= 0.6 is 0 Å². The minimum Gasteiger partial charge on any atom is -0.399 e. The Morgan fingerprint density at radius 3 is 2.38 bits per heavy atom. The molecule has 0 saturated carbocycles. The second kappa shape index (κ2) is 3.06. The number of nitrogens with two attached hydrogens (primary N) is 1. The molecule has 0 fully saturated rings. The molecule has 1 atom stereocenters. The predicted octanol–water partition coefficient (Wildman–Crippen LogP) is 3.01. The summed E-state index contributed by atoms with van der Waals surface area (Å²) in [6.45, 7) is 8.90. The van der Waals surface area contributed by atoms with E-state index in [2.05, 4.69) is 45.9 Å². The third-order valence-electron chi connectivity index (χ3n) is 2.92. The van der Waals surface area contributed by atoms with Crippen molar-refractivity contribution in [2.45, 2.75) is 27.7 Å². The fraction of sp³-hybridized carbons (Fsp3) is 0.500. The van der Waals surface area contributed by atoms with Crippen molar-refractivity contribution >= 4 is 0 Å². The summed E-state index contributed by atoms with van der Waals surface area (Å²) in [5, 5.41) is 0. The number of hydrogen-bond acceptors (Lipinski definition) is 1. The fourth-order valence-electron chi connectivity index (χ4n) is 1.33. The highest BCUT2D eigenvalue weighted by molar-refractivity contribution is 5.30. The molecule has 1 rings (SSSR count). The summed E-state index contributed by atoms with van der Waals surface area (Å²) < 4.78 is 0. The van der Waals surface area contributed by atoms with Crippen LogP contribution in [0.15, 0.2) is 36.1 Å². The van der Waals surface area contributed by atoms with Crippen LogP contribution in [0.5, 0.6) is 0 Å². The molecule has 72 valence electrons. The van der Waals surface area contributed by atoms with Crippen LogP contribution in [0.1, 0.15) is 27.7 Å². The van der Waals surface area contributed by atoms with Gasteiger partial charge in [0.15, 0.2) is 0 Å². The van der Waals surface area contributed by atoms with Crippen molar-refractivity contribution in [1.82, 2.24) is 0 Å². The molecule has 2 N–H and O–H groups in total. The maximum atomic E-state index is 5.84. The number of rotatable bonds is 0. The maximum absolute atomic E-state index is 5.84. The summed E-state index contributed by atoms with van der Waals surface area (Å²) in [5.41, 5.74) is 6.93. The van der Waals surface area contributed by atoms with E-state index in [0.717, 1.165) is 5.70 Å². The van der Waals surface area contributed by atoms with Crippen LogP contribution in [0.25, 0.3) is 0 Å². The van der Waals surface area contributed by atoms with Gasteiger partial charge in [-0.3, -0.25) is 0 Å². The van der Waals surface area contributed by atoms with Crippen LogP contribution in [-0.4, -0.2) is 0 Å². The second-order valence-electron chi connectivity index (χ2n) is 4.90. The molecule has 1 heteroatoms. The molecule has 1 unspecified atom stereocenters. The Morgan fingerprint density at radius 1 is 1.23 bits per heavy atom. The van der Waals surface area contributed by atoms with E-state index in [1.54, 1.807) is 0 Å². The summed E-state index contributed by atoms with van der Waals surface area (Å²) in [7, 11) is 0. The molecular weight excluding hydrogens is 158 g/mol. The molecule has 1 aliphatic carbocycles. The number of allylic oxidation sites excluding steroid dienone is 5. The van der Waals surface area contributed by atoms with Crippen LogP contribution in [0.2, 0.25) is 0 Å². The Kier molecular flexibility index (Phi) is 2.38. The molecule has 0 spiro atoms. The zero-order valence-electron chi connectivity index (χ0n) is 8.96. The van der Waals surface area contributed by atoms with Gasteiger partial charge in [0.05, 0.1) is 0 Å². The summed E-state index contributed by atoms with van der Waals surface area (Å²) in [4.78, 5) is 0. The smallest absolute Gasteiger partial charge is 0.0282 e. The van der Waals surface area contributed by atoms with E-state index in [9.17, 15) is 0 Å². The minimum atomic E-state index is 0.0422. The first kappa shape index (κ1) is 10.1. The van der Waals surface area contributed by atoms with E-state index in [-0.39, 0.29) is 10.8 Å². The standard InChI is InChI=1S/C12H19N/c1-11(2,3)12(4)8-6-5-7-10(13)9-12/h5-9H,13H2,1-4H3. The maximum Gasteiger partial charge on any atom is 0.0282 e. The molecule has 0 heterocycles. The highest BCUT2D eigenvalue weighted by atomic mass is 14.6. The van der Waals surface area contributed by atoms with Crippen molar-refractivity contribution in [2.75, 3.05) is 0 Å². The van der Waals surface area contributed by atoms with Gasteiger partial charge in [-0.25, -0.2) is 0 Å². The van der Waals surface area contributed by atoms with E-state index < -0.39 is 0 Å². The predicted molar refractivity (Wildman–Crippen MR) is 58.1 cm³/mol. The molecule has 0 radical (unpaired) electrons. The van der Waals surface area contributed by atoms with Crippen LogP contribution in [0, 0.1) is 10.8 Å². The lowest BCUT2D eigenvalue weighted by Gasteiger charge is -2.37. The first-order valence-corrected chi connectivity index (χ1v) is 4.69. The highest BCUT2D eigenvalue weighted by Crippen LogP contribution is 2.42. The summed E-state index contributed by atoms with van der Waals surface area (Å²) >= 11 is 0. The van der Waals surface area contributed by atoms with Gasteiger partial charge in [-0.1, -0.05) is 52.0 Å². The van der Waals surface area contributed by atoms with Gasteiger partial charge in [0.25, 0.3) is 0 Å². The van der Waals surface area contributed by atoms with E-state index in [4.69, 9.17) is 5.73 Å². The number of hydrogen-bond donors (Lipinski definition) is 1. The Bertz CT molecular complexity index is 276. The molecule has 0 bridgehead atoms. The fourth-order valence-corrected chi connectivity index (χ4v) is 1.33. The molecular formula is C12H19N. The van der Waals surface area contributed by atoms with Crippen LogP contribution in [-0.2, 0) is 0 Å². The van der Waals surface area contributed by atoms with Crippen molar-refractivity contribution in [3.63, 3.8) is 0 Å². The molecule has 0 aromatic rings. The Balaban J connectivity index is 3.11. The summed E-state index contributed by atoms with van der Waals surface area (Å²) in [6.07, 6.45) is 10.3. The van der Waals surface area contributed by atoms with Crippen LogP contribution < -0.4 is 5.73 Å². The highest BCUT2D eigenvalue weighted by Gasteiger charge is 2.33. The molecule has 0 saturated heterocycles. The average molecular weight is 177 g/mol. The van der Waals surface area contributed by atoms with E-state index in [0.29, 0.717) is 0 Å². The average Bonchev–Trinajstić information content (AvgIpc) is 2.10. The Hall–Kier alpha value is -0.980. The van der Waals surface area contributed by atoms with Gasteiger partial charge in [0, 0.05) is 11.1 Å². The molecule has 1 aliphatic rings. The largest absolute Gasteiger partial charge is 0.399 e. The monoisotopic (exact) mass is 177 g/mol. The molecule has 0 aliphatic heterocycles. The summed E-state index contributed by atoms with van der Waals surface area (Å²) in [5.74, 6) is 0. The van der Waals surface area contributed by atoms with Gasteiger partial charge in [0.1, 0.15) is 0 Å². The molecule has 0 aromatic heterocycles. The lowest BCUT2D eigenvalue weighted by atomic mass is 9.67. The molecule has 0 aromatic carbocycles. The van der Waals surface area contributed by atoms with Crippen LogP contribution in [0.3, 0.4) is 0 Å². The first-order valence-electron chi connectivity index (χ1n) is 4.69. The third kappa shape index (κ3) is 2.03. The first-order chi connectivity index (χ1) is 5.85. The van der Waals surface area contributed by atoms with Crippen molar-refractivity contribution < 1.29 is 0 Å². The normalized spacial score (nSPS) is 28.5. The van der Waals surface area contributed by atoms with E-state index in [1.807, 2.05) is 12.2 Å².